The Morgan fingerprint density at radius 1 is 1.00 bits per heavy atom. The van der Waals surface area contributed by atoms with Crippen LogP contribution in [0.4, 0.5) is 5.13 Å². The van der Waals surface area contributed by atoms with Gasteiger partial charge in [0.15, 0.2) is 11.1 Å². The van der Waals surface area contributed by atoms with Crippen LogP contribution in [0, 0.1) is 0 Å². The number of guanidine groups is 1. The molecule has 0 saturated heterocycles. The minimum atomic E-state index is 0.101. The number of hydrogen-bond donors (Lipinski definition) is 3. The minimum Gasteiger partial charge on any atom is -0.508 e. The monoisotopic (exact) mass is 477 g/mol. The predicted octanol–water partition coefficient (Wildman–Crippen LogP) is 4.47. The van der Waals surface area contributed by atoms with Crippen LogP contribution in [0.25, 0.3) is 10.2 Å². The third-order valence-electron chi connectivity index (χ3n) is 4.96. The van der Waals surface area contributed by atoms with Gasteiger partial charge in [0.25, 0.3) is 0 Å². The summed E-state index contributed by atoms with van der Waals surface area (Å²) in [6.45, 7) is 1.83. The summed E-state index contributed by atoms with van der Waals surface area (Å²) >= 11 is 1.61. The molecule has 9 heteroatoms. The first-order valence-electron chi connectivity index (χ1n) is 10.8. The molecule has 0 bridgehead atoms. The van der Waals surface area contributed by atoms with Crippen LogP contribution in [-0.4, -0.2) is 36.2 Å². The molecule has 176 valence electrons. The highest BCUT2D eigenvalue weighted by molar-refractivity contribution is 7.22. The van der Waals surface area contributed by atoms with Crippen LogP contribution in [0.15, 0.2) is 71.7 Å². The molecule has 0 radical (unpaired) electrons. The summed E-state index contributed by atoms with van der Waals surface area (Å²) in [6, 6.07) is 20.5. The number of thiazole rings is 1. The van der Waals surface area contributed by atoms with Crippen molar-refractivity contribution in [1.82, 2.24) is 4.98 Å². The van der Waals surface area contributed by atoms with E-state index in [-0.39, 0.29) is 11.7 Å². The Hall–Kier alpha value is -3.98. The van der Waals surface area contributed by atoms with Crippen LogP contribution < -0.4 is 25.8 Å². The van der Waals surface area contributed by atoms with Gasteiger partial charge in [-0.3, -0.25) is 4.99 Å². The molecule has 5 N–H and O–H groups in total. The average Bonchev–Trinajstić information content (AvgIpc) is 3.25. The van der Waals surface area contributed by atoms with Gasteiger partial charge < -0.3 is 30.9 Å². The number of aromatic hydroxyl groups is 1. The van der Waals surface area contributed by atoms with Crippen LogP contribution in [0.3, 0.4) is 0 Å². The standard InChI is InChI=1S/C25H27N5O3S/c1-30(16-17-3-7-19(8-4-17)32-14-2-13-28-24(26)27)25-29-22-12-11-21(15-23(22)34-25)33-20-9-5-18(31)6-10-20/h3-12,15,31H,2,13-14,16H2,1H3,(H4,26,27,28). The summed E-state index contributed by atoms with van der Waals surface area (Å²) in [4.78, 5) is 10.8. The zero-order chi connectivity index (χ0) is 23.9. The zero-order valence-corrected chi connectivity index (χ0v) is 19.7. The molecule has 0 atom stereocenters. The summed E-state index contributed by atoms with van der Waals surface area (Å²) in [6.07, 6.45) is 0.752. The van der Waals surface area contributed by atoms with Gasteiger partial charge in [0.2, 0.25) is 0 Å². The van der Waals surface area contributed by atoms with Crippen molar-refractivity contribution in [3.8, 4) is 23.0 Å². The van der Waals surface area contributed by atoms with Gasteiger partial charge in [0.1, 0.15) is 23.0 Å². The maximum absolute atomic E-state index is 9.42. The molecule has 4 aromatic rings. The SMILES string of the molecule is CN(Cc1ccc(OCCCN=C(N)N)cc1)c1nc2ccc(Oc3ccc(O)cc3)cc2s1. The second-order valence-electron chi connectivity index (χ2n) is 7.73. The molecule has 0 unspecified atom stereocenters. The minimum absolute atomic E-state index is 0.101. The molecular weight excluding hydrogens is 450 g/mol. The molecule has 0 aliphatic carbocycles. The van der Waals surface area contributed by atoms with Gasteiger partial charge in [-0.1, -0.05) is 23.5 Å². The van der Waals surface area contributed by atoms with E-state index in [2.05, 4.69) is 22.0 Å². The number of nitrogens with two attached hydrogens (primary N) is 2. The predicted molar refractivity (Wildman–Crippen MR) is 137 cm³/mol. The lowest BCUT2D eigenvalue weighted by molar-refractivity contribution is 0.313. The molecule has 0 fully saturated rings. The third-order valence-corrected chi connectivity index (χ3v) is 6.09. The zero-order valence-electron chi connectivity index (χ0n) is 18.8. The molecule has 34 heavy (non-hydrogen) atoms. The molecule has 0 aliphatic rings. The lowest BCUT2D eigenvalue weighted by Gasteiger charge is -2.16. The van der Waals surface area contributed by atoms with Gasteiger partial charge in [-0.25, -0.2) is 4.98 Å². The third kappa shape index (κ3) is 6.29. The number of aliphatic imine (C=N–C) groups is 1. The maximum Gasteiger partial charge on any atom is 0.186 e. The number of rotatable bonds is 10. The molecule has 4 rings (SSSR count). The highest BCUT2D eigenvalue weighted by atomic mass is 32.1. The van der Waals surface area contributed by atoms with E-state index in [0.717, 1.165) is 45.4 Å². The Labute approximate surface area is 202 Å². The summed E-state index contributed by atoms with van der Waals surface area (Å²) in [5.74, 6) is 2.52. The molecule has 3 aromatic carbocycles. The Morgan fingerprint density at radius 3 is 2.44 bits per heavy atom. The number of hydrogen-bond acceptors (Lipinski definition) is 7. The molecule has 0 amide bonds. The molecule has 0 aliphatic heterocycles. The van der Waals surface area contributed by atoms with Gasteiger partial charge in [0, 0.05) is 32.6 Å². The highest BCUT2D eigenvalue weighted by Crippen LogP contribution is 2.33. The number of phenolic OH excluding ortho intramolecular Hbond substituents is 1. The lowest BCUT2D eigenvalue weighted by Crippen LogP contribution is -2.23. The topological polar surface area (TPSA) is 119 Å². The van der Waals surface area contributed by atoms with Crippen LogP contribution in [0.1, 0.15) is 12.0 Å². The van der Waals surface area contributed by atoms with Crippen molar-refractivity contribution < 1.29 is 14.6 Å². The van der Waals surface area contributed by atoms with E-state index in [9.17, 15) is 5.11 Å². The first kappa shape index (κ1) is 23.2. The fraction of sp³-hybridized carbons (Fsp3) is 0.200. The Kier molecular flexibility index (Phi) is 7.34. The quantitative estimate of drug-likeness (QED) is 0.175. The number of anilines is 1. The van der Waals surface area contributed by atoms with Crippen molar-refractivity contribution in [2.75, 3.05) is 25.1 Å². The van der Waals surface area contributed by atoms with Gasteiger partial charge in [-0.05, 0) is 54.1 Å². The van der Waals surface area contributed by atoms with Crippen molar-refractivity contribution in [2.24, 2.45) is 16.5 Å². The summed E-state index contributed by atoms with van der Waals surface area (Å²) in [5, 5.41) is 10.3. The fourth-order valence-corrected chi connectivity index (χ4v) is 4.22. The van der Waals surface area contributed by atoms with Crippen LogP contribution in [0.2, 0.25) is 0 Å². The number of fused-ring (bicyclic) bond motifs is 1. The van der Waals surface area contributed by atoms with E-state index in [4.69, 9.17) is 25.9 Å². The number of nitrogens with zero attached hydrogens (tertiary/aromatic N) is 3. The van der Waals surface area contributed by atoms with E-state index in [1.165, 1.54) is 0 Å². The van der Waals surface area contributed by atoms with E-state index < -0.39 is 0 Å². The molecule has 1 aromatic heterocycles. The Morgan fingerprint density at radius 2 is 1.71 bits per heavy atom. The first-order valence-corrected chi connectivity index (χ1v) is 11.6. The molecule has 0 saturated carbocycles. The van der Waals surface area contributed by atoms with Crippen molar-refractivity contribution in [1.29, 1.82) is 0 Å². The Balaban J connectivity index is 1.34. The van der Waals surface area contributed by atoms with Crippen molar-refractivity contribution in [3.05, 3.63) is 72.3 Å². The smallest absolute Gasteiger partial charge is 0.186 e. The van der Waals surface area contributed by atoms with Gasteiger partial charge in [0.05, 0.1) is 16.8 Å². The average molecular weight is 478 g/mol. The van der Waals surface area contributed by atoms with E-state index in [1.807, 2.05) is 37.4 Å². The van der Waals surface area contributed by atoms with Crippen molar-refractivity contribution in [2.45, 2.75) is 13.0 Å². The van der Waals surface area contributed by atoms with Gasteiger partial charge in [-0.2, -0.15) is 0 Å². The number of aromatic nitrogens is 1. The Bertz CT molecular complexity index is 1250. The van der Waals surface area contributed by atoms with E-state index in [0.29, 0.717) is 18.9 Å². The second-order valence-corrected chi connectivity index (χ2v) is 8.74. The van der Waals surface area contributed by atoms with Crippen LogP contribution in [-0.2, 0) is 6.54 Å². The van der Waals surface area contributed by atoms with E-state index >= 15 is 0 Å². The molecule has 1 heterocycles. The summed E-state index contributed by atoms with van der Waals surface area (Å²) in [5.41, 5.74) is 12.7. The second kappa shape index (κ2) is 10.8. The normalized spacial score (nSPS) is 10.7. The van der Waals surface area contributed by atoms with Crippen LogP contribution >= 0.6 is 11.3 Å². The largest absolute Gasteiger partial charge is 0.508 e. The van der Waals surface area contributed by atoms with Gasteiger partial charge >= 0.3 is 0 Å². The van der Waals surface area contributed by atoms with Crippen LogP contribution in [0.5, 0.6) is 23.0 Å². The molecular formula is C25H27N5O3S. The first-order chi connectivity index (χ1) is 16.5. The van der Waals surface area contributed by atoms with Gasteiger partial charge in [-0.15, -0.1) is 0 Å². The summed E-state index contributed by atoms with van der Waals surface area (Å²) < 4.78 is 12.7. The van der Waals surface area contributed by atoms with Crippen molar-refractivity contribution >= 4 is 32.6 Å². The van der Waals surface area contributed by atoms with E-state index in [1.54, 1.807) is 35.6 Å². The summed E-state index contributed by atoms with van der Waals surface area (Å²) in [7, 11) is 2.03. The number of ether oxygens (including phenoxy) is 2. The highest BCUT2D eigenvalue weighted by Gasteiger charge is 2.11. The molecule has 0 spiro atoms. The number of benzene rings is 3. The van der Waals surface area contributed by atoms with Crippen molar-refractivity contribution in [3.63, 3.8) is 0 Å². The lowest BCUT2D eigenvalue weighted by atomic mass is 10.2. The maximum atomic E-state index is 9.42. The number of phenols is 1. The molecule has 8 nitrogen and oxygen atoms in total. The fourth-order valence-electron chi connectivity index (χ4n) is 3.27.